The van der Waals surface area contributed by atoms with Crippen LogP contribution in [0, 0.1) is 23.7 Å². The van der Waals surface area contributed by atoms with Crippen LogP contribution in [0.5, 0.6) is 0 Å². The predicted molar refractivity (Wildman–Crippen MR) is 103 cm³/mol. The van der Waals surface area contributed by atoms with Gasteiger partial charge in [-0.1, -0.05) is 42.5 Å². The molecule has 1 aromatic carbocycles. The molecule has 3 amide bonds. The van der Waals surface area contributed by atoms with Gasteiger partial charge in [-0.25, -0.2) is 0 Å². The molecular weight excluding hydrogens is 366 g/mol. The molecule has 7 heteroatoms. The minimum Gasteiger partial charge on any atom is -0.352 e. The van der Waals surface area contributed by atoms with Crippen molar-refractivity contribution in [1.82, 2.24) is 10.2 Å². The normalized spacial score (nSPS) is 30.1. The molecule has 2 fully saturated rings. The second-order valence-electron chi connectivity index (χ2n) is 7.65. The summed E-state index contributed by atoms with van der Waals surface area (Å²) < 4.78 is 0. The van der Waals surface area contributed by atoms with Gasteiger partial charge in [0.2, 0.25) is 17.7 Å². The topological polar surface area (TPSA) is 92.5 Å². The molecule has 1 saturated carbocycles. The summed E-state index contributed by atoms with van der Waals surface area (Å²) in [6.07, 6.45) is 5.06. The molecule has 1 aromatic rings. The van der Waals surface area contributed by atoms with E-state index in [2.05, 4.69) is 17.5 Å². The third kappa shape index (κ3) is 3.07. The molecule has 0 spiro atoms. The fourth-order valence-corrected chi connectivity index (χ4v) is 4.56. The lowest BCUT2D eigenvalue weighted by atomic mass is 9.85. The Labute approximate surface area is 164 Å². The third-order valence-corrected chi connectivity index (χ3v) is 6.03. The van der Waals surface area contributed by atoms with Crippen molar-refractivity contribution in [1.29, 1.82) is 0 Å². The van der Waals surface area contributed by atoms with Crippen LogP contribution in [0.2, 0.25) is 0 Å². The van der Waals surface area contributed by atoms with Gasteiger partial charge < -0.3 is 11.1 Å². The summed E-state index contributed by atoms with van der Waals surface area (Å²) in [7, 11) is 0. The van der Waals surface area contributed by atoms with E-state index in [4.69, 9.17) is 5.73 Å². The van der Waals surface area contributed by atoms with Gasteiger partial charge in [0, 0.05) is 13.1 Å². The van der Waals surface area contributed by atoms with Gasteiger partial charge in [-0.15, -0.1) is 12.4 Å². The molecule has 1 aliphatic heterocycles. The quantitative estimate of drug-likeness (QED) is 0.584. The number of nitrogens with two attached hydrogens (primary N) is 1. The minimum atomic E-state index is -1.17. The number of benzene rings is 1. The Hall–Kier alpha value is -2.18. The van der Waals surface area contributed by atoms with Gasteiger partial charge in [-0.3, -0.25) is 19.3 Å². The van der Waals surface area contributed by atoms with E-state index in [1.54, 1.807) is 19.1 Å². The van der Waals surface area contributed by atoms with Gasteiger partial charge in [0.25, 0.3) is 0 Å². The lowest BCUT2D eigenvalue weighted by molar-refractivity contribution is -0.141. The number of imide groups is 1. The zero-order valence-electron chi connectivity index (χ0n) is 15.1. The molecule has 6 nitrogen and oxygen atoms in total. The SMILES string of the molecule is CC(N)(C(=O)NCCN1C(=O)C2C3C=CC(C3)C2C1=O)c1ccccc1.Cl. The molecule has 144 valence electrons. The molecule has 4 rings (SSSR count). The van der Waals surface area contributed by atoms with Crippen molar-refractivity contribution in [3.8, 4) is 0 Å². The van der Waals surface area contributed by atoms with Crippen molar-refractivity contribution >= 4 is 30.1 Å². The van der Waals surface area contributed by atoms with Crippen molar-refractivity contribution < 1.29 is 14.4 Å². The Morgan fingerprint density at radius 2 is 1.70 bits per heavy atom. The van der Waals surface area contributed by atoms with Crippen LogP contribution < -0.4 is 11.1 Å². The minimum absolute atomic E-state index is 0. The Morgan fingerprint density at radius 1 is 1.15 bits per heavy atom. The summed E-state index contributed by atoms with van der Waals surface area (Å²) in [6.45, 7) is 2.05. The van der Waals surface area contributed by atoms with Crippen molar-refractivity contribution in [2.75, 3.05) is 13.1 Å². The summed E-state index contributed by atoms with van der Waals surface area (Å²) in [6, 6.07) is 9.13. The van der Waals surface area contributed by atoms with Crippen LogP contribution in [-0.2, 0) is 19.9 Å². The van der Waals surface area contributed by atoms with Crippen LogP contribution in [0.4, 0.5) is 0 Å². The number of rotatable bonds is 5. The zero-order chi connectivity index (χ0) is 18.5. The average molecular weight is 390 g/mol. The first kappa shape index (κ1) is 19.6. The molecule has 5 atom stereocenters. The molecule has 0 aromatic heterocycles. The molecule has 5 unspecified atom stereocenters. The highest BCUT2D eigenvalue weighted by Crippen LogP contribution is 2.52. The van der Waals surface area contributed by atoms with Gasteiger partial charge in [0.05, 0.1) is 11.8 Å². The monoisotopic (exact) mass is 389 g/mol. The second kappa shape index (κ2) is 7.09. The largest absolute Gasteiger partial charge is 0.352 e. The van der Waals surface area contributed by atoms with Gasteiger partial charge in [-0.05, 0) is 30.7 Å². The maximum absolute atomic E-state index is 12.6. The number of halogens is 1. The average Bonchev–Trinajstić information content (AvgIpc) is 3.31. The maximum Gasteiger partial charge on any atom is 0.244 e. The lowest BCUT2D eigenvalue weighted by Gasteiger charge is -2.25. The number of carbonyl (C=O) groups is 3. The highest BCUT2D eigenvalue weighted by Gasteiger charge is 2.58. The van der Waals surface area contributed by atoms with Crippen LogP contribution in [0.25, 0.3) is 0 Å². The number of hydrogen-bond donors (Lipinski definition) is 2. The zero-order valence-corrected chi connectivity index (χ0v) is 15.9. The third-order valence-electron chi connectivity index (χ3n) is 6.03. The highest BCUT2D eigenvalue weighted by molar-refractivity contribution is 6.06. The van der Waals surface area contributed by atoms with Gasteiger partial charge >= 0.3 is 0 Å². The number of nitrogens with zero attached hydrogens (tertiary/aromatic N) is 1. The molecule has 2 aliphatic carbocycles. The van der Waals surface area contributed by atoms with Crippen LogP contribution >= 0.6 is 12.4 Å². The number of carbonyl (C=O) groups excluding carboxylic acids is 3. The molecule has 1 saturated heterocycles. The maximum atomic E-state index is 12.6. The first-order valence-electron chi connectivity index (χ1n) is 9.07. The molecule has 3 aliphatic rings. The number of fused-ring (bicyclic) bond motifs is 5. The molecule has 2 bridgehead atoms. The van der Waals surface area contributed by atoms with E-state index >= 15 is 0 Å². The fraction of sp³-hybridized carbons (Fsp3) is 0.450. The number of amides is 3. The summed E-state index contributed by atoms with van der Waals surface area (Å²) in [5.41, 5.74) is 5.73. The fourth-order valence-electron chi connectivity index (χ4n) is 4.56. The van der Waals surface area contributed by atoms with Crippen LogP contribution in [0.3, 0.4) is 0 Å². The predicted octanol–water partition coefficient (Wildman–Crippen LogP) is 1.21. The van der Waals surface area contributed by atoms with E-state index in [1.165, 1.54) is 4.90 Å². The van der Waals surface area contributed by atoms with E-state index in [0.717, 1.165) is 6.42 Å². The van der Waals surface area contributed by atoms with E-state index in [0.29, 0.717) is 5.56 Å². The van der Waals surface area contributed by atoms with E-state index in [9.17, 15) is 14.4 Å². The highest BCUT2D eigenvalue weighted by atomic mass is 35.5. The standard InChI is InChI=1S/C20H23N3O3.ClH/c1-20(21,14-5-3-2-4-6-14)19(26)22-9-10-23-17(24)15-12-7-8-13(11-12)16(15)18(23)25;/h2-8,12-13,15-16H,9-11,21H2,1H3,(H,22,26);1H. The Morgan fingerprint density at radius 3 is 2.26 bits per heavy atom. The van der Waals surface area contributed by atoms with Crippen molar-refractivity contribution in [2.24, 2.45) is 29.4 Å². The Balaban J connectivity index is 0.00000210. The van der Waals surface area contributed by atoms with Crippen LogP contribution in [0.1, 0.15) is 18.9 Å². The smallest absolute Gasteiger partial charge is 0.244 e. The molecule has 3 N–H and O–H groups in total. The first-order chi connectivity index (χ1) is 12.4. The summed E-state index contributed by atoms with van der Waals surface area (Å²) in [5.74, 6) is -0.508. The molecule has 27 heavy (non-hydrogen) atoms. The number of hydrogen-bond acceptors (Lipinski definition) is 4. The summed E-state index contributed by atoms with van der Waals surface area (Å²) in [4.78, 5) is 39.0. The van der Waals surface area contributed by atoms with Crippen molar-refractivity contribution in [3.63, 3.8) is 0 Å². The van der Waals surface area contributed by atoms with Gasteiger partial charge in [-0.2, -0.15) is 0 Å². The number of nitrogens with one attached hydrogen (secondary N) is 1. The van der Waals surface area contributed by atoms with Crippen LogP contribution in [-0.4, -0.2) is 35.7 Å². The number of likely N-dealkylation sites (tertiary alicyclic amines) is 1. The molecule has 0 radical (unpaired) electrons. The molecular formula is C20H24ClN3O3. The van der Waals surface area contributed by atoms with Crippen molar-refractivity contribution in [3.05, 3.63) is 48.0 Å². The summed E-state index contributed by atoms with van der Waals surface area (Å²) in [5, 5.41) is 2.77. The number of allylic oxidation sites excluding steroid dienone is 2. The van der Waals surface area contributed by atoms with Crippen molar-refractivity contribution in [2.45, 2.75) is 18.9 Å². The Bertz CT molecular complexity index is 763. The summed E-state index contributed by atoms with van der Waals surface area (Å²) >= 11 is 0. The van der Waals surface area contributed by atoms with E-state index in [1.807, 2.05) is 18.2 Å². The van der Waals surface area contributed by atoms with E-state index in [-0.39, 0.29) is 66.9 Å². The van der Waals surface area contributed by atoms with Crippen LogP contribution in [0.15, 0.2) is 42.5 Å². The lowest BCUT2D eigenvalue weighted by Crippen LogP contribution is -2.50. The van der Waals surface area contributed by atoms with E-state index < -0.39 is 5.54 Å². The van der Waals surface area contributed by atoms with Gasteiger partial charge in [0.1, 0.15) is 5.54 Å². The molecule has 1 heterocycles. The first-order valence-corrected chi connectivity index (χ1v) is 9.07. The van der Waals surface area contributed by atoms with Gasteiger partial charge in [0.15, 0.2) is 0 Å². The second-order valence-corrected chi connectivity index (χ2v) is 7.65. The Kier molecular flexibility index (Phi) is 5.14.